The van der Waals surface area contributed by atoms with Crippen molar-refractivity contribution >= 4 is 29.1 Å². The van der Waals surface area contributed by atoms with Gasteiger partial charge in [-0.15, -0.1) is 0 Å². The van der Waals surface area contributed by atoms with E-state index in [9.17, 15) is 4.79 Å². The molecular formula is C15H20Cl2N2O2. The summed E-state index contributed by atoms with van der Waals surface area (Å²) in [7, 11) is 0. The molecule has 116 valence electrons. The molecule has 0 aromatic heterocycles. The van der Waals surface area contributed by atoms with Gasteiger partial charge in [-0.25, -0.2) is 0 Å². The molecule has 1 amide bonds. The highest BCUT2D eigenvalue weighted by molar-refractivity contribution is 6.35. The van der Waals surface area contributed by atoms with E-state index in [1.54, 1.807) is 12.1 Å². The number of piperidine rings is 1. The van der Waals surface area contributed by atoms with Crippen LogP contribution in [0.5, 0.6) is 0 Å². The maximum absolute atomic E-state index is 11.7. The fraction of sp³-hybridized carbons (Fsp3) is 0.533. The summed E-state index contributed by atoms with van der Waals surface area (Å²) in [6, 6.07) is 5.38. The van der Waals surface area contributed by atoms with E-state index in [1.165, 1.54) is 0 Å². The van der Waals surface area contributed by atoms with Gasteiger partial charge in [-0.3, -0.25) is 4.79 Å². The molecule has 0 saturated carbocycles. The van der Waals surface area contributed by atoms with Crippen LogP contribution in [0.1, 0.15) is 18.4 Å². The van der Waals surface area contributed by atoms with Gasteiger partial charge in [-0.2, -0.15) is 0 Å². The molecule has 21 heavy (non-hydrogen) atoms. The lowest BCUT2D eigenvalue weighted by molar-refractivity contribution is -0.128. The third kappa shape index (κ3) is 5.83. The average Bonchev–Trinajstić information content (AvgIpc) is 2.48. The second-order valence-electron chi connectivity index (χ2n) is 5.10. The molecular weight excluding hydrogens is 311 g/mol. The summed E-state index contributed by atoms with van der Waals surface area (Å²) in [6.45, 7) is 2.58. The van der Waals surface area contributed by atoms with E-state index in [0.717, 1.165) is 31.5 Å². The van der Waals surface area contributed by atoms with Gasteiger partial charge in [0.2, 0.25) is 5.91 Å². The van der Waals surface area contributed by atoms with Crippen LogP contribution in [-0.2, 0) is 16.0 Å². The lowest BCUT2D eigenvalue weighted by Crippen LogP contribution is -2.36. The van der Waals surface area contributed by atoms with Crippen LogP contribution < -0.4 is 10.6 Å². The lowest BCUT2D eigenvalue weighted by Gasteiger charge is -2.22. The molecule has 0 bridgehead atoms. The first kappa shape index (κ1) is 16.6. The van der Waals surface area contributed by atoms with E-state index in [1.807, 2.05) is 6.07 Å². The average molecular weight is 331 g/mol. The van der Waals surface area contributed by atoms with Crippen molar-refractivity contribution in [1.82, 2.24) is 10.6 Å². The second kappa shape index (κ2) is 8.59. The normalized spacial score (nSPS) is 15.9. The van der Waals surface area contributed by atoms with E-state index in [2.05, 4.69) is 10.6 Å². The second-order valence-corrected chi connectivity index (χ2v) is 5.94. The van der Waals surface area contributed by atoms with Gasteiger partial charge >= 0.3 is 0 Å². The third-order valence-electron chi connectivity index (χ3n) is 3.47. The number of halogens is 2. The fourth-order valence-electron chi connectivity index (χ4n) is 2.27. The number of hydrogen-bond donors (Lipinski definition) is 2. The highest BCUT2D eigenvalue weighted by Gasteiger charge is 2.14. The van der Waals surface area contributed by atoms with Crippen LogP contribution in [0.25, 0.3) is 0 Å². The predicted molar refractivity (Wildman–Crippen MR) is 85.0 cm³/mol. The molecule has 1 fully saturated rings. The third-order valence-corrected chi connectivity index (χ3v) is 4.05. The number of hydrogen-bond acceptors (Lipinski definition) is 3. The van der Waals surface area contributed by atoms with Crippen molar-refractivity contribution in [3.8, 4) is 0 Å². The molecule has 0 radical (unpaired) electrons. The van der Waals surface area contributed by atoms with E-state index in [0.29, 0.717) is 23.0 Å². The van der Waals surface area contributed by atoms with Crippen molar-refractivity contribution in [3.05, 3.63) is 33.8 Å². The van der Waals surface area contributed by atoms with Crippen LogP contribution in [0.3, 0.4) is 0 Å². The zero-order valence-corrected chi connectivity index (χ0v) is 13.3. The minimum atomic E-state index is -0.0846. The van der Waals surface area contributed by atoms with Gasteiger partial charge in [-0.1, -0.05) is 29.3 Å². The van der Waals surface area contributed by atoms with Gasteiger partial charge in [0.1, 0.15) is 6.61 Å². The quantitative estimate of drug-likeness (QED) is 0.842. The molecule has 0 atom stereocenters. The minimum Gasteiger partial charge on any atom is -0.368 e. The molecule has 0 aliphatic carbocycles. The molecule has 6 heteroatoms. The van der Waals surface area contributed by atoms with Crippen LogP contribution in [0, 0.1) is 0 Å². The Bertz CT molecular complexity index is 477. The Morgan fingerprint density at radius 1 is 1.33 bits per heavy atom. The number of carbonyl (C=O) groups is 1. The van der Waals surface area contributed by atoms with Crippen molar-refractivity contribution in [2.75, 3.05) is 26.2 Å². The first-order valence-corrected chi connectivity index (χ1v) is 7.93. The minimum absolute atomic E-state index is 0.0846. The summed E-state index contributed by atoms with van der Waals surface area (Å²) in [6.07, 6.45) is 2.80. The Kier molecular flexibility index (Phi) is 6.77. The molecule has 1 aliphatic heterocycles. The maximum atomic E-state index is 11.7. The molecule has 2 N–H and O–H groups in total. The Hall–Kier alpha value is -0.810. The molecule has 0 unspecified atom stereocenters. The van der Waals surface area contributed by atoms with Gasteiger partial charge in [0, 0.05) is 16.6 Å². The number of amides is 1. The standard InChI is InChI=1S/C15H20Cl2N2O2/c16-12-2-1-11(14(17)9-12)3-8-19-15(20)10-21-13-4-6-18-7-5-13/h1-2,9,13,18H,3-8,10H2,(H,19,20). The summed E-state index contributed by atoms with van der Waals surface area (Å²) in [5, 5.41) is 7.34. The molecule has 1 aromatic rings. The Morgan fingerprint density at radius 3 is 2.81 bits per heavy atom. The van der Waals surface area contributed by atoms with Crippen molar-refractivity contribution in [3.63, 3.8) is 0 Å². The number of ether oxygens (including phenoxy) is 1. The zero-order chi connectivity index (χ0) is 15.1. The van der Waals surface area contributed by atoms with Gasteiger partial charge < -0.3 is 15.4 Å². The molecule has 1 aliphatic rings. The molecule has 1 heterocycles. The monoisotopic (exact) mass is 330 g/mol. The summed E-state index contributed by atoms with van der Waals surface area (Å²) < 4.78 is 5.59. The summed E-state index contributed by atoms with van der Waals surface area (Å²) in [4.78, 5) is 11.7. The predicted octanol–water partition coefficient (Wildman–Crippen LogP) is 2.42. The van der Waals surface area contributed by atoms with E-state index < -0.39 is 0 Å². The van der Waals surface area contributed by atoms with Gasteiger partial charge in [-0.05, 0) is 50.0 Å². The smallest absolute Gasteiger partial charge is 0.246 e. The number of carbonyl (C=O) groups excluding carboxylic acids is 1. The van der Waals surface area contributed by atoms with Crippen LogP contribution in [0.15, 0.2) is 18.2 Å². The molecule has 1 saturated heterocycles. The summed E-state index contributed by atoms with van der Waals surface area (Å²) in [5.74, 6) is -0.0846. The number of nitrogens with one attached hydrogen (secondary N) is 2. The van der Waals surface area contributed by atoms with Crippen LogP contribution in [-0.4, -0.2) is 38.3 Å². The SMILES string of the molecule is O=C(COC1CCNCC1)NCCc1ccc(Cl)cc1Cl. The first-order chi connectivity index (χ1) is 10.1. The highest BCUT2D eigenvalue weighted by atomic mass is 35.5. The maximum Gasteiger partial charge on any atom is 0.246 e. The first-order valence-electron chi connectivity index (χ1n) is 7.18. The Morgan fingerprint density at radius 2 is 2.10 bits per heavy atom. The number of benzene rings is 1. The molecule has 0 spiro atoms. The molecule has 1 aromatic carbocycles. The van der Waals surface area contributed by atoms with Crippen molar-refractivity contribution < 1.29 is 9.53 Å². The van der Waals surface area contributed by atoms with E-state index in [4.69, 9.17) is 27.9 Å². The van der Waals surface area contributed by atoms with E-state index >= 15 is 0 Å². The molecule has 4 nitrogen and oxygen atoms in total. The summed E-state index contributed by atoms with van der Waals surface area (Å²) >= 11 is 11.9. The van der Waals surface area contributed by atoms with Gasteiger partial charge in [0.05, 0.1) is 6.10 Å². The largest absolute Gasteiger partial charge is 0.368 e. The Balaban J connectivity index is 1.64. The van der Waals surface area contributed by atoms with E-state index in [-0.39, 0.29) is 18.6 Å². The fourth-order valence-corrected chi connectivity index (χ4v) is 2.77. The Labute approximate surface area is 135 Å². The zero-order valence-electron chi connectivity index (χ0n) is 11.8. The van der Waals surface area contributed by atoms with Crippen LogP contribution in [0.2, 0.25) is 10.0 Å². The van der Waals surface area contributed by atoms with Crippen molar-refractivity contribution in [1.29, 1.82) is 0 Å². The van der Waals surface area contributed by atoms with Crippen molar-refractivity contribution in [2.45, 2.75) is 25.4 Å². The van der Waals surface area contributed by atoms with Gasteiger partial charge in [0.25, 0.3) is 0 Å². The number of rotatable bonds is 6. The van der Waals surface area contributed by atoms with Crippen molar-refractivity contribution in [2.24, 2.45) is 0 Å². The highest BCUT2D eigenvalue weighted by Crippen LogP contribution is 2.21. The lowest BCUT2D eigenvalue weighted by atomic mass is 10.1. The topological polar surface area (TPSA) is 50.4 Å². The van der Waals surface area contributed by atoms with Gasteiger partial charge in [0.15, 0.2) is 0 Å². The molecule has 2 rings (SSSR count). The van der Waals surface area contributed by atoms with Crippen LogP contribution >= 0.6 is 23.2 Å². The van der Waals surface area contributed by atoms with Crippen LogP contribution in [0.4, 0.5) is 0 Å². The summed E-state index contributed by atoms with van der Waals surface area (Å²) in [5.41, 5.74) is 0.973.